The second kappa shape index (κ2) is 9.29. The van der Waals surface area contributed by atoms with Crippen LogP contribution in [0.4, 0.5) is 19.3 Å². The van der Waals surface area contributed by atoms with Gasteiger partial charge in [-0.1, -0.05) is 5.21 Å². The maximum absolute atomic E-state index is 13.6. The van der Waals surface area contributed by atoms with E-state index in [1.54, 1.807) is 27.8 Å². The first-order valence-corrected chi connectivity index (χ1v) is 9.55. The predicted molar refractivity (Wildman–Crippen MR) is 108 cm³/mol. The van der Waals surface area contributed by atoms with Crippen LogP contribution in [0.5, 0.6) is 0 Å². The third-order valence-electron chi connectivity index (χ3n) is 4.60. The Labute approximate surface area is 171 Å². The third kappa shape index (κ3) is 4.70. The Balaban J connectivity index is 1.60. The van der Waals surface area contributed by atoms with Gasteiger partial charge in [0.05, 0.1) is 17.7 Å². The molecule has 0 unspecified atom stereocenters. The molecule has 8 nitrogen and oxygen atoms in total. The zero-order valence-corrected chi connectivity index (χ0v) is 16.7. The fraction of sp³-hybridized carbons (Fsp3) is 0.300. The molecule has 2 aromatic carbocycles. The molecule has 3 rings (SSSR count). The smallest absolute Gasteiger partial charge is 0.319 e. The molecule has 158 valence electrons. The van der Waals surface area contributed by atoms with Crippen LogP contribution in [0.25, 0.3) is 11.0 Å². The minimum Gasteiger partial charge on any atom is -0.339 e. The molecular weight excluding hydrogens is 394 g/mol. The average Bonchev–Trinajstić information content (AvgIpc) is 3.13. The number of anilines is 1. The zero-order valence-electron chi connectivity index (χ0n) is 16.7. The van der Waals surface area contributed by atoms with Crippen LogP contribution in [-0.4, -0.2) is 51.5 Å². The van der Waals surface area contributed by atoms with Crippen LogP contribution >= 0.6 is 0 Å². The quantitative estimate of drug-likeness (QED) is 0.619. The first-order chi connectivity index (χ1) is 14.4. The molecule has 0 saturated heterocycles. The van der Waals surface area contributed by atoms with Crippen molar-refractivity contribution in [1.82, 2.24) is 25.2 Å². The fourth-order valence-electron chi connectivity index (χ4n) is 3.00. The lowest BCUT2D eigenvalue weighted by atomic mass is 10.1. The highest BCUT2D eigenvalue weighted by Crippen LogP contribution is 2.16. The number of carbonyl (C=O) groups excluding carboxylic acids is 2. The van der Waals surface area contributed by atoms with Crippen LogP contribution in [0.1, 0.15) is 24.2 Å². The van der Waals surface area contributed by atoms with Gasteiger partial charge in [-0.25, -0.2) is 18.3 Å². The maximum atomic E-state index is 13.6. The topological polar surface area (TPSA) is 92.2 Å². The molecule has 2 N–H and O–H groups in total. The Hall–Kier alpha value is -3.56. The number of nitrogens with zero attached hydrogens (tertiary/aromatic N) is 4. The minimum absolute atomic E-state index is 0.0668. The van der Waals surface area contributed by atoms with Crippen LogP contribution in [0.2, 0.25) is 0 Å². The van der Waals surface area contributed by atoms with Crippen molar-refractivity contribution in [2.24, 2.45) is 0 Å². The summed E-state index contributed by atoms with van der Waals surface area (Å²) in [6.45, 7) is 5.60. The van der Waals surface area contributed by atoms with Crippen molar-refractivity contribution in [2.75, 3.05) is 25.0 Å². The molecular formula is C20H22F2N6O2. The number of nitrogens with one attached hydrogen (secondary N) is 2. The van der Waals surface area contributed by atoms with E-state index in [4.69, 9.17) is 0 Å². The van der Waals surface area contributed by atoms with Gasteiger partial charge in [-0.2, -0.15) is 0 Å². The van der Waals surface area contributed by atoms with Crippen LogP contribution in [0.3, 0.4) is 0 Å². The number of rotatable bonds is 7. The van der Waals surface area contributed by atoms with Crippen LogP contribution in [0.15, 0.2) is 36.4 Å². The van der Waals surface area contributed by atoms with E-state index in [9.17, 15) is 18.4 Å². The SMILES string of the molecule is CCN(CC)C(=O)c1ccc2c(c1)nnn2CCNC(=O)Nc1ccc(F)cc1F. The van der Waals surface area contributed by atoms with E-state index in [0.717, 1.165) is 17.6 Å². The van der Waals surface area contributed by atoms with E-state index in [1.807, 2.05) is 13.8 Å². The number of carbonyl (C=O) groups is 2. The van der Waals surface area contributed by atoms with E-state index in [-0.39, 0.29) is 18.1 Å². The van der Waals surface area contributed by atoms with E-state index >= 15 is 0 Å². The van der Waals surface area contributed by atoms with Gasteiger partial charge in [0.15, 0.2) is 0 Å². The van der Waals surface area contributed by atoms with Crippen molar-refractivity contribution in [3.63, 3.8) is 0 Å². The summed E-state index contributed by atoms with van der Waals surface area (Å²) >= 11 is 0. The number of hydrogen-bond acceptors (Lipinski definition) is 4. The monoisotopic (exact) mass is 416 g/mol. The number of amides is 3. The highest BCUT2D eigenvalue weighted by molar-refractivity contribution is 5.97. The summed E-state index contributed by atoms with van der Waals surface area (Å²) in [6, 6.07) is 7.44. The molecule has 3 amide bonds. The van der Waals surface area contributed by atoms with Crippen molar-refractivity contribution in [2.45, 2.75) is 20.4 Å². The molecule has 0 radical (unpaired) electrons. The molecule has 0 spiro atoms. The zero-order chi connectivity index (χ0) is 21.7. The maximum Gasteiger partial charge on any atom is 0.319 e. The number of fused-ring (bicyclic) bond motifs is 1. The van der Waals surface area contributed by atoms with E-state index in [1.165, 1.54) is 0 Å². The van der Waals surface area contributed by atoms with Gasteiger partial charge in [0, 0.05) is 31.3 Å². The molecule has 3 aromatic rings. The minimum atomic E-state index is -0.859. The van der Waals surface area contributed by atoms with Gasteiger partial charge in [0.2, 0.25) is 0 Å². The first-order valence-electron chi connectivity index (χ1n) is 9.55. The highest BCUT2D eigenvalue weighted by atomic mass is 19.1. The van der Waals surface area contributed by atoms with Crippen molar-refractivity contribution in [3.8, 4) is 0 Å². The van der Waals surface area contributed by atoms with Crippen molar-refractivity contribution in [1.29, 1.82) is 0 Å². The number of halogens is 2. The lowest BCUT2D eigenvalue weighted by molar-refractivity contribution is 0.0773. The number of hydrogen-bond donors (Lipinski definition) is 2. The first kappa shape index (κ1) is 21.2. The molecule has 30 heavy (non-hydrogen) atoms. The van der Waals surface area contributed by atoms with E-state index in [0.29, 0.717) is 36.8 Å². The van der Waals surface area contributed by atoms with Gasteiger partial charge in [-0.05, 0) is 44.2 Å². The fourth-order valence-corrected chi connectivity index (χ4v) is 3.00. The van der Waals surface area contributed by atoms with Gasteiger partial charge in [-0.15, -0.1) is 5.10 Å². The highest BCUT2D eigenvalue weighted by Gasteiger charge is 2.15. The summed E-state index contributed by atoms with van der Waals surface area (Å²) in [4.78, 5) is 26.1. The Bertz CT molecular complexity index is 1060. The summed E-state index contributed by atoms with van der Waals surface area (Å²) in [5.41, 5.74) is 1.71. The molecule has 10 heteroatoms. The van der Waals surface area contributed by atoms with Crippen molar-refractivity contribution in [3.05, 3.63) is 53.6 Å². The predicted octanol–water partition coefficient (Wildman–Crippen LogP) is 3.01. The molecule has 0 bridgehead atoms. The van der Waals surface area contributed by atoms with Gasteiger partial charge in [0.25, 0.3) is 5.91 Å². The van der Waals surface area contributed by atoms with Crippen LogP contribution in [0, 0.1) is 11.6 Å². The lowest BCUT2D eigenvalue weighted by Crippen LogP contribution is -2.32. The van der Waals surface area contributed by atoms with Crippen LogP contribution < -0.4 is 10.6 Å². The second-order valence-corrected chi connectivity index (χ2v) is 6.50. The Kier molecular flexibility index (Phi) is 6.55. The van der Waals surface area contributed by atoms with Crippen LogP contribution in [-0.2, 0) is 6.54 Å². The number of benzene rings is 2. The molecule has 1 heterocycles. The number of aromatic nitrogens is 3. The molecule has 0 fully saturated rings. The summed E-state index contributed by atoms with van der Waals surface area (Å²) in [5.74, 6) is -1.65. The van der Waals surface area contributed by atoms with Crippen molar-refractivity contribution < 1.29 is 18.4 Å². The molecule has 0 aliphatic heterocycles. The third-order valence-corrected chi connectivity index (χ3v) is 4.60. The normalized spacial score (nSPS) is 10.8. The summed E-state index contributed by atoms with van der Waals surface area (Å²) in [7, 11) is 0. The van der Waals surface area contributed by atoms with Gasteiger partial charge >= 0.3 is 6.03 Å². The summed E-state index contributed by atoms with van der Waals surface area (Å²) in [6.07, 6.45) is 0. The molecule has 0 saturated carbocycles. The van der Waals surface area contributed by atoms with Crippen molar-refractivity contribution >= 4 is 28.7 Å². The standard InChI is InChI=1S/C20H22F2N6O2/c1-3-27(4-2)19(29)13-5-8-18-17(11-13)25-26-28(18)10-9-23-20(30)24-16-7-6-14(21)12-15(16)22/h5-8,11-12H,3-4,9-10H2,1-2H3,(H2,23,24,30). The van der Waals surface area contributed by atoms with Gasteiger partial charge in [-0.3, -0.25) is 4.79 Å². The largest absolute Gasteiger partial charge is 0.339 e. The Morgan fingerprint density at radius 1 is 1.10 bits per heavy atom. The Morgan fingerprint density at radius 3 is 2.57 bits per heavy atom. The molecule has 0 atom stereocenters. The van der Waals surface area contributed by atoms with E-state index in [2.05, 4.69) is 20.9 Å². The second-order valence-electron chi connectivity index (χ2n) is 6.50. The average molecular weight is 416 g/mol. The van der Waals surface area contributed by atoms with Gasteiger partial charge in [0.1, 0.15) is 17.2 Å². The lowest BCUT2D eigenvalue weighted by Gasteiger charge is -2.18. The van der Waals surface area contributed by atoms with E-state index < -0.39 is 17.7 Å². The molecule has 0 aliphatic carbocycles. The molecule has 0 aliphatic rings. The Morgan fingerprint density at radius 2 is 1.87 bits per heavy atom. The molecule has 1 aromatic heterocycles. The van der Waals surface area contributed by atoms with Gasteiger partial charge < -0.3 is 15.5 Å². The summed E-state index contributed by atoms with van der Waals surface area (Å²) < 4.78 is 28.1. The number of urea groups is 1. The summed E-state index contributed by atoms with van der Waals surface area (Å²) in [5, 5.41) is 13.0.